The van der Waals surface area contributed by atoms with Gasteiger partial charge in [0.05, 0.1) is 12.1 Å². The number of ether oxygens (including phenoxy) is 1. The summed E-state index contributed by atoms with van der Waals surface area (Å²) < 4.78 is 43.9. The van der Waals surface area contributed by atoms with Gasteiger partial charge in [-0.05, 0) is 42.0 Å². The van der Waals surface area contributed by atoms with Crippen LogP contribution < -0.4 is 10.1 Å². The van der Waals surface area contributed by atoms with E-state index in [2.05, 4.69) is 15.3 Å². The lowest BCUT2D eigenvalue weighted by Gasteiger charge is -2.20. The summed E-state index contributed by atoms with van der Waals surface area (Å²) in [4.78, 5) is 22.9. The lowest BCUT2D eigenvalue weighted by atomic mass is 10.1. The number of amides is 1. The number of fused-ring (bicyclic) bond motifs is 1. The van der Waals surface area contributed by atoms with E-state index in [-0.39, 0.29) is 25.6 Å². The van der Waals surface area contributed by atoms with Crippen molar-refractivity contribution in [3.05, 3.63) is 83.3 Å². The number of hydrogen-bond acceptors (Lipinski definition) is 5. The van der Waals surface area contributed by atoms with Gasteiger partial charge in [0.2, 0.25) is 0 Å². The number of carbonyl (C=O) groups is 1. The van der Waals surface area contributed by atoms with Crippen LogP contribution in [0.15, 0.2) is 60.8 Å². The van der Waals surface area contributed by atoms with Gasteiger partial charge < -0.3 is 15.0 Å². The van der Waals surface area contributed by atoms with Gasteiger partial charge >= 0.3 is 6.18 Å². The number of benzene rings is 1. The molecule has 0 saturated heterocycles. The first-order chi connectivity index (χ1) is 15.4. The van der Waals surface area contributed by atoms with E-state index in [1.165, 1.54) is 17.0 Å². The molecule has 0 unspecified atom stereocenters. The van der Waals surface area contributed by atoms with Crippen molar-refractivity contribution in [2.24, 2.45) is 0 Å². The highest BCUT2D eigenvalue weighted by atomic mass is 19.4. The summed E-state index contributed by atoms with van der Waals surface area (Å²) in [6.07, 6.45) is -1.92. The van der Waals surface area contributed by atoms with E-state index in [0.717, 1.165) is 24.2 Å². The molecule has 4 rings (SSSR count). The van der Waals surface area contributed by atoms with Gasteiger partial charge in [-0.25, -0.2) is 4.98 Å². The Kier molecular flexibility index (Phi) is 6.25. The Morgan fingerprint density at radius 3 is 2.59 bits per heavy atom. The minimum Gasteiger partial charge on any atom is -0.482 e. The number of hydrogen-bond donors (Lipinski definition) is 1. The van der Waals surface area contributed by atoms with Crippen molar-refractivity contribution in [3.8, 4) is 5.75 Å². The molecular weight excluding hydrogens is 421 g/mol. The lowest BCUT2D eigenvalue weighted by Crippen LogP contribution is -2.32. The Labute approximate surface area is 183 Å². The molecule has 1 aliphatic rings. The molecule has 1 aromatic carbocycles. The largest absolute Gasteiger partial charge is 0.482 e. The molecule has 6 nitrogen and oxygen atoms in total. The van der Waals surface area contributed by atoms with Gasteiger partial charge in [-0.1, -0.05) is 18.2 Å². The Morgan fingerprint density at radius 2 is 1.88 bits per heavy atom. The molecule has 0 radical (unpaired) electrons. The number of alkyl halides is 3. The number of rotatable bonds is 6. The molecule has 3 heterocycles. The number of pyridine rings is 2. The third kappa shape index (κ3) is 5.35. The molecule has 1 amide bonds. The van der Waals surface area contributed by atoms with E-state index in [1.807, 2.05) is 18.2 Å². The molecule has 0 bridgehead atoms. The van der Waals surface area contributed by atoms with Crippen LogP contribution in [0.4, 0.5) is 19.0 Å². The predicted octanol–water partition coefficient (Wildman–Crippen LogP) is 4.07. The van der Waals surface area contributed by atoms with Crippen molar-refractivity contribution in [1.29, 1.82) is 0 Å². The predicted molar refractivity (Wildman–Crippen MR) is 112 cm³/mol. The maximum absolute atomic E-state index is 12.8. The van der Waals surface area contributed by atoms with Gasteiger partial charge in [0, 0.05) is 31.4 Å². The fourth-order valence-electron chi connectivity index (χ4n) is 3.36. The van der Waals surface area contributed by atoms with E-state index < -0.39 is 11.7 Å². The number of aromatic nitrogens is 2. The van der Waals surface area contributed by atoms with Crippen molar-refractivity contribution in [1.82, 2.24) is 14.9 Å². The van der Waals surface area contributed by atoms with Crippen LogP contribution in [-0.2, 0) is 30.5 Å². The van der Waals surface area contributed by atoms with Crippen LogP contribution in [0.1, 0.15) is 22.5 Å². The summed E-state index contributed by atoms with van der Waals surface area (Å²) in [6.45, 7) is 0.851. The number of nitrogens with one attached hydrogen (secondary N) is 1. The number of halogens is 3. The van der Waals surface area contributed by atoms with E-state index in [1.54, 1.807) is 18.3 Å². The smallest absolute Gasteiger partial charge is 0.416 e. The van der Waals surface area contributed by atoms with E-state index in [0.29, 0.717) is 29.4 Å². The zero-order valence-electron chi connectivity index (χ0n) is 17.1. The molecule has 9 heteroatoms. The minimum absolute atomic E-state index is 0.151. The summed E-state index contributed by atoms with van der Waals surface area (Å²) >= 11 is 0. The van der Waals surface area contributed by atoms with Crippen molar-refractivity contribution in [2.45, 2.75) is 25.7 Å². The first kappa shape index (κ1) is 21.6. The molecule has 0 fully saturated rings. The Hall–Kier alpha value is -3.62. The van der Waals surface area contributed by atoms with E-state index in [9.17, 15) is 18.0 Å². The van der Waals surface area contributed by atoms with Gasteiger partial charge in [0.15, 0.2) is 6.61 Å². The Balaban J connectivity index is 1.43. The Morgan fingerprint density at radius 1 is 1.06 bits per heavy atom. The maximum atomic E-state index is 12.8. The standard InChI is InChI=1S/C23H21F3N4O2/c24-23(25,26)17-6-4-16(5-7-17)13-30-14-19-20(32-15-22(30)31)8-9-21(29-19)28-12-10-18-3-1-2-11-27-18/h1-9,11H,10,12-15H2,(H,28,29). The second-order valence-electron chi connectivity index (χ2n) is 7.37. The normalized spacial score (nSPS) is 13.8. The third-order valence-corrected chi connectivity index (χ3v) is 5.04. The summed E-state index contributed by atoms with van der Waals surface area (Å²) in [5, 5.41) is 3.24. The van der Waals surface area contributed by atoms with Crippen molar-refractivity contribution in [3.63, 3.8) is 0 Å². The van der Waals surface area contributed by atoms with E-state index >= 15 is 0 Å². The molecule has 0 atom stereocenters. The Bertz CT molecular complexity index is 1070. The number of anilines is 1. The van der Waals surface area contributed by atoms with Gasteiger partial charge in [-0.15, -0.1) is 0 Å². The zero-order chi connectivity index (χ0) is 22.6. The summed E-state index contributed by atoms with van der Waals surface area (Å²) in [6, 6.07) is 14.1. The highest BCUT2D eigenvalue weighted by molar-refractivity contribution is 5.78. The molecule has 1 aliphatic heterocycles. The topological polar surface area (TPSA) is 67.3 Å². The van der Waals surface area contributed by atoms with E-state index in [4.69, 9.17) is 4.74 Å². The first-order valence-corrected chi connectivity index (χ1v) is 10.1. The van der Waals surface area contributed by atoms with Crippen LogP contribution in [0.25, 0.3) is 0 Å². The van der Waals surface area contributed by atoms with Crippen LogP contribution in [-0.4, -0.2) is 33.9 Å². The van der Waals surface area contributed by atoms with Gasteiger partial charge in [-0.2, -0.15) is 13.2 Å². The minimum atomic E-state index is -4.40. The van der Waals surface area contributed by atoms with Crippen LogP contribution in [0.2, 0.25) is 0 Å². The van der Waals surface area contributed by atoms with Crippen molar-refractivity contribution in [2.75, 3.05) is 18.5 Å². The van der Waals surface area contributed by atoms with Crippen molar-refractivity contribution < 1.29 is 22.7 Å². The summed E-state index contributed by atoms with van der Waals surface area (Å²) in [5.41, 5.74) is 1.43. The van der Waals surface area contributed by atoms with Crippen LogP contribution in [0.3, 0.4) is 0 Å². The van der Waals surface area contributed by atoms with Crippen LogP contribution in [0.5, 0.6) is 5.75 Å². The molecule has 166 valence electrons. The van der Waals surface area contributed by atoms with Crippen molar-refractivity contribution >= 4 is 11.7 Å². The summed E-state index contributed by atoms with van der Waals surface area (Å²) in [5.74, 6) is 0.906. The number of carbonyl (C=O) groups excluding carboxylic acids is 1. The molecule has 3 aromatic rings. The van der Waals surface area contributed by atoms with Crippen LogP contribution in [0, 0.1) is 0 Å². The fourth-order valence-corrected chi connectivity index (χ4v) is 3.36. The zero-order valence-corrected chi connectivity index (χ0v) is 17.1. The molecular formula is C23H21F3N4O2. The number of nitrogens with zero attached hydrogens (tertiary/aromatic N) is 3. The van der Waals surface area contributed by atoms with Gasteiger partial charge in [0.25, 0.3) is 5.91 Å². The average molecular weight is 442 g/mol. The fraction of sp³-hybridized carbons (Fsp3) is 0.261. The SMILES string of the molecule is O=C1COc2ccc(NCCc3ccccn3)nc2CN1Cc1ccc(C(F)(F)F)cc1. The molecule has 1 N–H and O–H groups in total. The quantitative estimate of drug-likeness (QED) is 0.623. The monoisotopic (exact) mass is 442 g/mol. The average Bonchev–Trinajstić information content (AvgIpc) is 2.93. The van der Waals surface area contributed by atoms with Gasteiger partial charge in [-0.3, -0.25) is 9.78 Å². The second-order valence-corrected chi connectivity index (χ2v) is 7.37. The second kappa shape index (κ2) is 9.25. The molecule has 0 aliphatic carbocycles. The van der Waals surface area contributed by atoms with Crippen LogP contribution >= 0.6 is 0 Å². The molecule has 0 spiro atoms. The van der Waals surface area contributed by atoms with Gasteiger partial charge in [0.1, 0.15) is 17.3 Å². The first-order valence-electron chi connectivity index (χ1n) is 10.1. The lowest BCUT2D eigenvalue weighted by molar-refractivity contribution is -0.137. The summed E-state index contributed by atoms with van der Waals surface area (Å²) in [7, 11) is 0. The molecule has 32 heavy (non-hydrogen) atoms. The molecule has 0 saturated carbocycles. The highest BCUT2D eigenvalue weighted by Gasteiger charge is 2.30. The molecule has 2 aromatic heterocycles. The highest BCUT2D eigenvalue weighted by Crippen LogP contribution is 2.30. The maximum Gasteiger partial charge on any atom is 0.416 e. The third-order valence-electron chi connectivity index (χ3n) is 5.04.